The largest absolute Gasteiger partial charge is 0.388 e. The third kappa shape index (κ3) is 1.95. The Hall–Kier alpha value is -0.800. The smallest absolute Gasteiger partial charge is 0.0807 e. The lowest BCUT2D eigenvalue weighted by molar-refractivity contribution is -0.128. The maximum Gasteiger partial charge on any atom is 0.0807 e. The van der Waals surface area contributed by atoms with Crippen LogP contribution in [0.4, 0.5) is 0 Å². The van der Waals surface area contributed by atoms with E-state index in [1.165, 1.54) is 5.69 Å². The molecule has 106 valence electrons. The Morgan fingerprint density at radius 1 is 1.47 bits per heavy atom. The number of hydrogen-bond acceptors (Lipinski definition) is 2. The predicted molar refractivity (Wildman–Crippen MR) is 75.2 cm³/mol. The standard InChI is InChI=1S/C16H25NO2/c1-4-19-15-10-14(16(15,2)3)17-9-8-11-12(17)6-5-7-13(11)18/h8-9,13-15,18H,4-7,10H2,1-3H3. The fraction of sp³-hybridized carbons (Fsp3) is 0.750. The van der Waals surface area contributed by atoms with Gasteiger partial charge in [-0.2, -0.15) is 0 Å². The first kappa shape index (κ1) is 13.2. The van der Waals surface area contributed by atoms with Crippen LogP contribution in [0, 0.1) is 5.41 Å². The summed E-state index contributed by atoms with van der Waals surface area (Å²) in [4.78, 5) is 0. The van der Waals surface area contributed by atoms with Crippen molar-refractivity contribution in [1.82, 2.24) is 4.57 Å². The average molecular weight is 263 g/mol. The van der Waals surface area contributed by atoms with Crippen molar-refractivity contribution in [1.29, 1.82) is 0 Å². The summed E-state index contributed by atoms with van der Waals surface area (Å²) >= 11 is 0. The zero-order valence-corrected chi connectivity index (χ0v) is 12.2. The van der Waals surface area contributed by atoms with E-state index in [2.05, 4.69) is 37.6 Å². The lowest BCUT2D eigenvalue weighted by atomic mass is 9.64. The van der Waals surface area contributed by atoms with Gasteiger partial charge < -0.3 is 14.4 Å². The van der Waals surface area contributed by atoms with Gasteiger partial charge in [0.2, 0.25) is 0 Å². The molecule has 19 heavy (non-hydrogen) atoms. The molecule has 1 fully saturated rings. The van der Waals surface area contributed by atoms with Gasteiger partial charge in [0, 0.05) is 35.5 Å². The van der Waals surface area contributed by atoms with E-state index in [0.29, 0.717) is 12.1 Å². The molecule has 0 radical (unpaired) electrons. The highest BCUT2D eigenvalue weighted by Crippen LogP contribution is 2.52. The number of aromatic nitrogens is 1. The van der Waals surface area contributed by atoms with Gasteiger partial charge in [0.05, 0.1) is 12.2 Å². The van der Waals surface area contributed by atoms with Gasteiger partial charge in [-0.1, -0.05) is 13.8 Å². The zero-order chi connectivity index (χ0) is 13.6. The molecule has 2 aliphatic carbocycles. The van der Waals surface area contributed by atoms with E-state index in [-0.39, 0.29) is 11.5 Å². The molecule has 0 saturated heterocycles. The van der Waals surface area contributed by atoms with Crippen LogP contribution in [0.3, 0.4) is 0 Å². The normalized spacial score (nSPS) is 32.7. The molecule has 0 spiro atoms. The molecule has 2 aliphatic rings. The minimum atomic E-state index is -0.254. The molecule has 0 aliphatic heterocycles. The maximum atomic E-state index is 10.1. The van der Waals surface area contributed by atoms with Crippen LogP contribution in [0.5, 0.6) is 0 Å². The number of aliphatic hydroxyl groups is 1. The van der Waals surface area contributed by atoms with Crippen LogP contribution in [-0.4, -0.2) is 22.4 Å². The third-order valence-electron chi connectivity index (χ3n) is 5.14. The van der Waals surface area contributed by atoms with Crippen molar-refractivity contribution in [3.8, 4) is 0 Å². The van der Waals surface area contributed by atoms with Crippen molar-refractivity contribution in [2.75, 3.05) is 6.61 Å². The number of ether oxygens (including phenoxy) is 1. The fourth-order valence-electron chi connectivity index (χ4n) is 3.80. The Morgan fingerprint density at radius 3 is 2.95 bits per heavy atom. The molecule has 0 amide bonds. The van der Waals surface area contributed by atoms with Crippen LogP contribution < -0.4 is 0 Å². The first-order chi connectivity index (χ1) is 9.05. The highest BCUT2D eigenvalue weighted by atomic mass is 16.5. The van der Waals surface area contributed by atoms with Gasteiger partial charge in [-0.05, 0) is 38.7 Å². The molecule has 3 atom stereocenters. The molecule has 0 bridgehead atoms. The Morgan fingerprint density at radius 2 is 2.26 bits per heavy atom. The van der Waals surface area contributed by atoms with Crippen molar-refractivity contribution in [2.45, 2.75) is 64.7 Å². The van der Waals surface area contributed by atoms with Crippen LogP contribution in [0.25, 0.3) is 0 Å². The summed E-state index contributed by atoms with van der Waals surface area (Å²) in [6, 6.07) is 2.63. The Labute approximate surface area is 115 Å². The molecule has 1 saturated carbocycles. The molecule has 1 aromatic heterocycles. The number of rotatable bonds is 3. The topological polar surface area (TPSA) is 34.4 Å². The minimum absolute atomic E-state index is 0.186. The summed E-state index contributed by atoms with van der Waals surface area (Å²) in [5, 5.41) is 10.1. The van der Waals surface area contributed by atoms with Gasteiger partial charge in [0.15, 0.2) is 0 Å². The van der Waals surface area contributed by atoms with Crippen molar-refractivity contribution in [3.05, 3.63) is 23.5 Å². The number of aliphatic hydroxyl groups excluding tert-OH is 1. The molecule has 1 heterocycles. The molecular formula is C16H25NO2. The summed E-state index contributed by atoms with van der Waals surface area (Å²) in [5.74, 6) is 0. The quantitative estimate of drug-likeness (QED) is 0.908. The van der Waals surface area contributed by atoms with Crippen LogP contribution in [-0.2, 0) is 11.2 Å². The molecule has 1 N–H and O–H groups in total. The number of fused-ring (bicyclic) bond motifs is 1. The van der Waals surface area contributed by atoms with Gasteiger partial charge in [0.1, 0.15) is 0 Å². The summed E-state index contributed by atoms with van der Waals surface area (Å²) in [6.07, 6.45) is 6.49. The lowest BCUT2D eigenvalue weighted by Crippen LogP contribution is -2.51. The summed E-state index contributed by atoms with van der Waals surface area (Å²) in [5.41, 5.74) is 2.69. The van der Waals surface area contributed by atoms with Crippen molar-refractivity contribution < 1.29 is 9.84 Å². The molecular weight excluding hydrogens is 238 g/mol. The molecule has 0 aromatic carbocycles. The van der Waals surface area contributed by atoms with Crippen LogP contribution in [0.1, 0.15) is 63.4 Å². The third-order valence-corrected chi connectivity index (χ3v) is 5.14. The van der Waals surface area contributed by atoms with E-state index >= 15 is 0 Å². The second kappa shape index (κ2) is 4.64. The predicted octanol–water partition coefficient (Wildman–Crippen LogP) is 3.23. The molecule has 3 nitrogen and oxygen atoms in total. The highest BCUT2D eigenvalue weighted by molar-refractivity contribution is 5.29. The van der Waals surface area contributed by atoms with Crippen LogP contribution >= 0.6 is 0 Å². The van der Waals surface area contributed by atoms with E-state index in [4.69, 9.17) is 4.74 Å². The van der Waals surface area contributed by atoms with E-state index in [0.717, 1.165) is 37.9 Å². The average Bonchev–Trinajstić information content (AvgIpc) is 2.79. The van der Waals surface area contributed by atoms with Crippen molar-refractivity contribution in [3.63, 3.8) is 0 Å². The van der Waals surface area contributed by atoms with Crippen LogP contribution in [0.15, 0.2) is 12.3 Å². The van der Waals surface area contributed by atoms with Gasteiger partial charge in [-0.25, -0.2) is 0 Å². The highest BCUT2D eigenvalue weighted by Gasteiger charge is 2.50. The molecule has 1 aromatic rings. The Bertz CT molecular complexity index is 463. The Balaban J connectivity index is 1.85. The van der Waals surface area contributed by atoms with Gasteiger partial charge in [-0.15, -0.1) is 0 Å². The number of hydrogen-bond donors (Lipinski definition) is 1. The van der Waals surface area contributed by atoms with E-state index in [9.17, 15) is 5.11 Å². The molecule has 3 rings (SSSR count). The van der Waals surface area contributed by atoms with Crippen LogP contribution in [0.2, 0.25) is 0 Å². The molecule has 3 heteroatoms. The first-order valence-corrected chi connectivity index (χ1v) is 7.55. The monoisotopic (exact) mass is 263 g/mol. The fourth-order valence-corrected chi connectivity index (χ4v) is 3.80. The van der Waals surface area contributed by atoms with E-state index in [1.807, 2.05) is 0 Å². The summed E-state index contributed by atoms with van der Waals surface area (Å²) in [6.45, 7) is 7.46. The van der Waals surface area contributed by atoms with Crippen molar-refractivity contribution >= 4 is 0 Å². The SMILES string of the molecule is CCOC1CC(n2ccc3c2CCCC3O)C1(C)C. The van der Waals surface area contributed by atoms with Gasteiger partial charge in [-0.3, -0.25) is 0 Å². The van der Waals surface area contributed by atoms with E-state index < -0.39 is 0 Å². The zero-order valence-electron chi connectivity index (χ0n) is 12.2. The second-order valence-corrected chi connectivity index (χ2v) is 6.55. The van der Waals surface area contributed by atoms with Crippen molar-refractivity contribution in [2.24, 2.45) is 5.41 Å². The molecule has 3 unspecified atom stereocenters. The summed E-state index contributed by atoms with van der Waals surface area (Å²) in [7, 11) is 0. The minimum Gasteiger partial charge on any atom is -0.388 e. The first-order valence-electron chi connectivity index (χ1n) is 7.55. The number of nitrogens with zero attached hydrogens (tertiary/aromatic N) is 1. The van der Waals surface area contributed by atoms with Gasteiger partial charge in [0.25, 0.3) is 0 Å². The van der Waals surface area contributed by atoms with E-state index in [1.54, 1.807) is 0 Å². The maximum absolute atomic E-state index is 10.1. The Kier molecular flexibility index (Phi) is 3.22. The van der Waals surface area contributed by atoms with Gasteiger partial charge >= 0.3 is 0 Å². The summed E-state index contributed by atoms with van der Waals surface area (Å²) < 4.78 is 8.23. The second-order valence-electron chi connectivity index (χ2n) is 6.55. The lowest BCUT2D eigenvalue weighted by Gasteiger charge is -2.52.